The molecule has 8 nitrogen and oxygen atoms in total. The number of thioether (sulfide) groups is 1. The smallest absolute Gasteiger partial charge is 0.335 e. The molecule has 0 aromatic heterocycles. The van der Waals surface area contributed by atoms with Crippen LogP contribution < -0.4 is 10.2 Å². The molecule has 0 radical (unpaired) electrons. The van der Waals surface area contributed by atoms with Gasteiger partial charge in [0.2, 0.25) is 5.91 Å². The van der Waals surface area contributed by atoms with Gasteiger partial charge in [-0.2, -0.15) is 11.8 Å². The van der Waals surface area contributed by atoms with Gasteiger partial charge in [-0.15, -0.1) is 0 Å². The Kier molecular flexibility index (Phi) is 8.19. The van der Waals surface area contributed by atoms with E-state index in [1.54, 1.807) is 56.8 Å². The molecule has 0 spiro atoms. The van der Waals surface area contributed by atoms with Crippen LogP contribution in [0.25, 0.3) is 0 Å². The number of urea groups is 1. The van der Waals surface area contributed by atoms with Crippen LogP contribution in [0, 0.1) is 5.92 Å². The normalized spacial score (nSPS) is 18.5. The Morgan fingerprint density at radius 3 is 2.50 bits per heavy atom. The van der Waals surface area contributed by atoms with E-state index in [0.29, 0.717) is 17.9 Å². The summed E-state index contributed by atoms with van der Waals surface area (Å²) in [4.78, 5) is 54.9. The van der Waals surface area contributed by atoms with Gasteiger partial charge in [-0.3, -0.25) is 19.9 Å². The van der Waals surface area contributed by atoms with Gasteiger partial charge in [0.1, 0.15) is 11.6 Å². The average Bonchev–Trinajstić information content (AvgIpc) is 2.63. The summed E-state index contributed by atoms with van der Waals surface area (Å²) in [7, 11) is 0. The van der Waals surface area contributed by atoms with Crippen LogP contribution >= 0.6 is 27.7 Å². The molecule has 0 saturated carbocycles. The summed E-state index contributed by atoms with van der Waals surface area (Å²) in [5.74, 6) is -2.73. The van der Waals surface area contributed by atoms with Gasteiger partial charge in [-0.1, -0.05) is 15.9 Å². The minimum absolute atomic E-state index is 0.317. The Morgan fingerprint density at radius 1 is 1.30 bits per heavy atom. The molecule has 1 N–H and O–H groups in total. The third kappa shape index (κ3) is 6.40. The fourth-order valence-electron chi connectivity index (χ4n) is 2.60. The summed E-state index contributed by atoms with van der Waals surface area (Å²) >= 11 is 4.83. The summed E-state index contributed by atoms with van der Waals surface area (Å²) in [6.07, 6.45) is 3.42. The first-order chi connectivity index (χ1) is 14.0. The van der Waals surface area contributed by atoms with Crippen molar-refractivity contribution >= 4 is 63.4 Å². The van der Waals surface area contributed by atoms with E-state index >= 15 is 0 Å². The minimum atomic E-state index is -1.33. The molecule has 1 fully saturated rings. The predicted molar refractivity (Wildman–Crippen MR) is 120 cm³/mol. The molecule has 30 heavy (non-hydrogen) atoms. The summed E-state index contributed by atoms with van der Waals surface area (Å²) in [6, 6.07) is 4.83. The zero-order valence-corrected chi connectivity index (χ0v) is 19.6. The SMILES string of the molecule is CSCC[C@@H](N=CC1C(=O)NC(=O)N(c2ccc(Br)cc2)C1=O)C(=O)OC(C)(C)C. The van der Waals surface area contributed by atoms with Crippen molar-refractivity contribution in [3.8, 4) is 0 Å². The van der Waals surface area contributed by atoms with Gasteiger partial charge in [-0.25, -0.2) is 14.5 Å². The number of ether oxygens (including phenoxy) is 1. The van der Waals surface area contributed by atoms with Crippen LogP contribution in [0.5, 0.6) is 0 Å². The largest absolute Gasteiger partial charge is 0.458 e. The standard InChI is InChI=1S/C20H24BrN3O5S/c1-20(2,3)29-18(27)15(9-10-30-4)22-11-14-16(25)23-19(28)24(17(14)26)13-7-5-12(21)6-8-13/h5-8,11,14-15H,9-10H2,1-4H3,(H,23,25,28)/t14?,15-/m1/s1. The number of carbonyl (C=O) groups is 4. The summed E-state index contributed by atoms with van der Waals surface area (Å²) in [5.41, 5.74) is -0.370. The lowest BCUT2D eigenvalue weighted by molar-refractivity contribution is -0.156. The van der Waals surface area contributed by atoms with Crippen molar-refractivity contribution in [1.29, 1.82) is 0 Å². The molecule has 2 rings (SSSR count). The van der Waals surface area contributed by atoms with Crippen LogP contribution in [0.3, 0.4) is 0 Å². The van der Waals surface area contributed by atoms with Crippen LogP contribution in [0.4, 0.5) is 10.5 Å². The van der Waals surface area contributed by atoms with Crippen LogP contribution in [-0.2, 0) is 19.1 Å². The lowest BCUT2D eigenvalue weighted by atomic mass is 10.1. The molecule has 162 valence electrons. The molecule has 1 saturated heterocycles. The lowest BCUT2D eigenvalue weighted by Gasteiger charge is -2.28. The fraction of sp³-hybridized carbons (Fsp3) is 0.450. The molecule has 0 aliphatic carbocycles. The molecule has 1 unspecified atom stereocenters. The van der Waals surface area contributed by atoms with Crippen LogP contribution in [0.1, 0.15) is 27.2 Å². The number of hydrogen-bond donors (Lipinski definition) is 1. The van der Waals surface area contributed by atoms with Gasteiger partial charge in [-0.05, 0) is 63.5 Å². The minimum Gasteiger partial charge on any atom is -0.458 e. The number of nitrogens with one attached hydrogen (secondary N) is 1. The molecular weight excluding hydrogens is 474 g/mol. The first kappa shape index (κ1) is 24.1. The van der Waals surface area contributed by atoms with Gasteiger partial charge in [0.15, 0.2) is 5.92 Å². The maximum atomic E-state index is 12.9. The zero-order chi connectivity index (χ0) is 22.5. The quantitative estimate of drug-likeness (QED) is 0.352. The van der Waals surface area contributed by atoms with Crippen molar-refractivity contribution in [2.45, 2.75) is 38.8 Å². The number of barbiturate groups is 1. The third-order valence-corrected chi connectivity index (χ3v) is 5.15. The number of hydrogen-bond acceptors (Lipinski definition) is 7. The van der Waals surface area contributed by atoms with Crippen molar-refractivity contribution in [2.75, 3.05) is 16.9 Å². The van der Waals surface area contributed by atoms with Gasteiger partial charge >= 0.3 is 12.0 Å². The topological polar surface area (TPSA) is 105 Å². The second-order valence-corrected chi connectivity index (χ2v) is 9.45. The number of benzene rings is 1. The highest BCUT2D eigenvalue weighted by molar-refractivity contribution is 9.10. The van der Waals surface area contributed by atoms with E-state index in [1.165, 1.54) is 0 Å². The van der Waals surface area contributed by atoms with Gasteiger partial charge < -0.3 is 4.74 Å². The summed E-state index contributed by atoms with van der Waals surface area (Å²) < 4.78 is 6.17. The number of nitrogens with zero attached hydrogens (tertiary/aromatic N) is 2. The van der Waals surface area contributed by atoms with E-state index in [-0.39, 0.29) is 0 Å². The first-order valence-electron chi connectivity index (χ1n) is 9.23. The van der Waals surface area contributed by atoms with Gasteiger partial charge in [0, 0.05) is 10.7 Å². The molecule has 1 aliphatic rings. The number of aliphatic imine (C=N–C) groups is 1. The van der Waals surface area contributed by atoms with E-state index in [2.05, 4.69) is 26.2 Å². The molecular formula is C20H24BrN3O5S. The second kappa shape index (κ2) is 10.2. The second-order valence-electron chi connectivity index (χ2n) is 7.55. The number of rotatable bonds is 7. The van der Waals surface area contributed by atoms with E-state index in [1.807, 2.05) is 6.26 Å². The van der Waals surface area contributed by atoms with E-state index in [9.17, 15) is 19.2 Å². The van der Waals surface area contributed by atoms with Crippen LogP contribution in [0.2, 0.25) is 0 Å². The van der Waals surface area contributed by atoms with Crippen molar-refractivity contribution in [3.63, 3.8) is 0 Å². The number of imide groups is 2. The highest BCUT2D eigenvalue weighted by Gasteiger charge is 2.40. The van der Waals surface area contributed by atoms with E-state index in [0.717, 1.165) is 15.6 Å². The maximum Gasteiger partial charge on any atom is 0.335 e. The Morgan fingerprint density at radius 2 is 1.93 bits per heavy atom. The molecule has 4 amide bonds. The summed E-state index contributed by atoms with van der Waals surface area (Å²) in [6.45, 7) is 5.25. The lowest BCUT2D eigenvalue weighted by Crippen LogP contribution is -2.58. The number of carbonyl (C=O) groups excluding carboxylic acids is 4. The molecule has 10 heteroatoms. The Hall–Kier alpha value is -2.20. The third-order valence-electron chi connectivity index (χ3n) is 3.98. The number of esters is 1. The monoisotopic (exact) mass is 497 g/mol. The molecule has 1 aromatic rings. The fourth-order valence-corrected chi connectivity index (χ4v) is 3.32. The van der Waals surface area contributed by atoms with Crippen molar-refractivity contribution < 1.29 is 23.9 Å². The Balaban J connectivity index is 2.25. The van der Waals surface area contributed by atoms with Crippen molar-refractivity contribution in [1.82, 2.24) is 5.32 Å². The molecule has 1 heterocycles. The zero-order valence-electron chi connectivity index (χ0n) is 17.2. The number of anilines is 1. The molecule has 0 bridgehead atoms. The highest BCUT2D eigenvalue weighted by Crippen LogP contribution is 2.23. The van der Waals surface area contributed by atoms with Crippen LogP contribution in [-0.4, -0.2) is 53.7 Å². The number of halogens is 1. The van der Waals surface area contributed by atoms with Gasteiger partial charge in [0.05, 0.1) is 5.69 Å². The van der Waals surface area contributed by atoms with E-state index < -0.39 is 41.4 Å². The average molecular weight is 498 g/mol. The molecule has 2 atom stereocenters. The van der Waals surface area contributed by atoms with Crippen molar-refractivity contribution in [3.05, 3.63) is 28.7 Å². The number of amides is 4. The molecule has 1 aliphatic heterocycles. The molecule has 1 aromatic carbocycles. The predicted octanol–water partition coefficient (Wildman–Crippen LogP) is 3.18. The maximum absolute atomic E-state index is 12.9. The summed E-state index contributed by atoms with van der Waals surface area (Å²) in [5, 5.41) is 2.16. The Labute approximate surface area is 187 Å². The van der Waals surface area contributed by atoms with Crippen LogP contribution in [0.15, 0.2) is 33.7 Å². The van der Waals surface area contributed by atoms with Crippen molar-refractivity contribution in [2.24, 2.45) is 10.9 Å². The highest BCUT2D eigenvalue weighted by atomic mass is 79.9. The first-order valence-corrected chi connectivity index (χ1v) is 11.4. The van der Waals surface area contributed by atoms with Gasteiger partial charge in [0.25, 0.3) is 5.91 Å². The van der Waals surface area contributed by atoms with E-state index in [4.69, 9.17) is 4.74 Å². The Bertz CT molecular complexity index is 851.